The van der Waals surface area contributed by atoms with Crippen LogP contribution in [0, 0.1) is 0 Å². The van der Waals surface area contributed by atoms with E-state index in [9.17, 15) is 9.59 Å². The quantitative estimate of drug-likeness (QED) is 0.782. The second-order valence-electron chi connectivity index (χ2n) is 4.96. The molecule has 0 aliphatic heterocycles. The van der Waals surface area contributed by atoms with E-state index >= 15 is 0 Å². The summed E-state index contributed by atoms with van der Waals surface area (Å²) in [4.78, 5) is 23.1. The molecule has 0 bridgehead atoms. The van der Waals surface area contributed by atoms with Gasteiger partial charge >= 0.3 is 6.03 Å². The van der Waals surface area contributed by atoms with Gasteiger partial charge in [0.05, 0.1) is 0 Å². The van der Waals surface area contributed by atoms with Gasteiger partial charge in [-0.05, 0) is 42.3 Å². The molecule has 0 unspecified atom stereocenters. The Morgan fingerprint density at radius 3 is 2.35 bits per heavy atom. The summed E-state index contributed by atoms with van der Waals surface area (Å²) in [6.07, 6.45) is 1.10. The molecule has 0 aliphatic carbocycles. The third-order valence-electron chi connectivity index (χ3n) is 3.21. The summed E-state index contributed by atoms with van der Waals surface area (Å²) in [7, 11) is 1.62. The standard InChI is InChI=1S/C17H18ClN3O2/c1-19-16(22)10-7-12-5-8-14(9-6-12)20-17(23)21-15-4-2-3-13(18)11-15/h2-6,8-9,11H,7,10H2,1H3,(H,19,22)(H2,20,21,23). The number of hydrogen-bond acceptors (Lipinski definition) is 2. The van der Waals surface area contributed by atoms with E-state index in [-0.39, 0.29) is 11.9 Å². The molecule has 2 aromatic carbocycles. The summed E-state index contributed by atoms with van der Waals surface area (Å²) >= 11 is 5.87. The minimum Gasteiger partial charge on any atom is -0.359 e. The molecular formula is C17H18ClN3O2. The molecule has 0 radical (unpaired) electrons. The predicted molar refractivity (Wildman–Crippen MR) is 92.9 cm³/mol. The summed E-state index contributed by atoms with van der Waals surface area (Å²) in [5, 5.41) is 8.59. The summed E-state index contributed by atoms with van der Waals surface area (Å²) < 4.78 is 0. The minimum absolute atomic E-state index is 0.00750. The largest absolute Gasteiger partial charge is 0.359 e. The van der Waals surface area contributed by atoms with Crippen molar-refractivity contribution in [1.82, 2.24) is 5.32 Å². The molecule has 3 N–H and O–H groups in total. The van der Waals surface area contributed by atoms with Crippen LogP contribution in [0.15, 0.2) is 48.5 Å². The lowest BCUT2D eigenvalue weighted by Gasteiger charge is -2.08. The number of halogens is 1. The molecule has 3 amide bonds. The first-order chi connectivity index (χ1) is 11.1. The maximum Gasteiger partial charge on any atom is 0.323 e. The molecule has 0 spiro atoms. The molecule has 0 aliphatic rings. The topological polar surface area (TPSA) is 70.2 Å². The normalized spacial score (nSPS) is 10.0. The number of carbonyl (C=O) groups is 2. The zero-order valence-corrected chi connectivity index (χ0v) is 13.5. The van der Waals surface area contributed by atoms with Crippen LogP contribution < -0.4 is 16.0 Å². The molecular weight excluding hydrogens is 314 g/mol. The van der Waals surface area contributed by atoms with Crippen molar-refractivity contribution in [2.45, 2.75) is 12.8 Å². The number of urea groups is 1. The Bertz CT molecular complexity index is 686. The van der Waals surface area contributed by atoms with E-state index in [1.807, 2.05) is 12.1 Å². The lowest BCUT2D eigenvalue weighted by atomic mass is 10.1. The van der Waals surface area contributed by atoms with Crippen LogP contribution in [0.1, 0.15) is 12.0 Å². The van der Waals surface area contributed by atoms with Crippen LogP contribution in [0.4, 0.5) is 16.2 Å². The molecule has 2 aromatic rings. The number of nitrogens with one attached hydrogen (secondary N) is 3. The Morgan fingerprint density at radius 2 is 1.70 bits per heavy atom. The highest BCUT2D eigenvalue weighted by Gasteiger charge is 2.04. The van der Waals surface area contributed by atoms with Gasteiger partial charge in [-0.1, -0.05) is 29.8 Å². The number of carbonyl (C=O) groups excluding carboxylic acids is 2. The molecule has 120 valence electrons. The lowest BCUT2D eigenvalue weighted by molar-refractivity contribution is -0.120. The van der Waals surface area contributed by atoms with Crippen molar-refractivity contribution in [3.05, 3.63) is 59.1 Å². The van der Waals surface area contributed by atoms with Gasteiger partial charge in [-0.3, -0.25) is 4.79 Å². The lowest BCUT2D eigenvalue weighted by Crippen LogP contribution is -2.19. The molecule has 2 rings (SSSR count). The highest BCUT2D eigenvalue weighted by Crippen LogP contribution is 2.16. The van der Waals surface area contributed by atoms with Crippen LogP contribution in [0.5, 0.6) is 0 Å². The Hall–Kier alpha value is -2.53. The van der Waals surface area contributed by atoms with Gasteiger partial charge in [0.2, 0.25) is 5.91 Å². The maximum absolute atomic E-state index is 11.9. The smallest absolute Gasteiger partial charge is 0.323 e. The summed E-state index contributed by atoms with van der Waals surface area (Å²) in [6.45, 7) is 0. The van der Waals surface area contributed by atoms with E-state index in [0.29, 0.717) is 29.2 Å². The Balaban J connectivity index is 1.87. The molecule has 0 fully saturated rings. The van der Waals surface area contributed by atoms with Crippen LogP contribution in [0.2, 0.25) is 5.02 Å². The SMILES string of the molecule is CNC(=O)CCc1ccc(NC(=O)Nc2cccc(Cl)c2)cc1. The van der Waals surface area contributed by atoms with E-state index in [1.165, 1.54) is 0 Å². The maximum atomic E-state index is 11.9. The van der Waals surface area contributed by atoms with Crippen molar-refractivity contribution in [3.63, 3.8) is 0 Å². The molecule has 0 atom stereocenters. The molecule has 0 aromatic heterocycles. The van der Waals surface area contributed by atoms with Crippen LogP contribution in [0.25, 0.3) is 0 Å². The van der Waals surface area contributed by atoms with E-state index in [2.05, 4.69) is 16.0 Å². The predicted octanol–water partition coefficient (Wildman–Crippen LogP) is 3.66. The first-order valence-corrected chi connectivity index (χ1v) is 7.58. The minimum atomic E-state index is -0.342. The van der Waals surface area contributed by atoms with Crippen LogP contribution in [-0.4, -0.2) is 19.0 Å². The monoisotopic (exact) mass is 331 g/mol. The number of anilines is 2. The van der Waals surface area contributed by atoms with E-state index in [0.717, 1.165) is 5.56 Å². The van der Waals surface area contributed by atoms with Crippen molar-refractivity contribution in [3.8, 4) is 0 Å². The molecule has 23 heavy (non-hydrogen) atoms. The molecule has 0 heterocycles. The van der Waals surface area contributed by atoms with Crippen molar-refractivity contribution < 1.29 is 9.59 Å². The first-order valence-electron chi connectivity index (χ1n) is 7.20. The number of benzene rings is 2. The van der Waals surface area contributed by atoms with Gasteiger partial charge in [0, 0.05) is 29.9 Å². The van der Waals surface area contributed by atoms with Gasteiger partial charge in [0.25, 0.3) is 0 Å². The van der Waals surface area contributed by atoms with Gasteiger partial charge in [-0.25, -0.2) is 4.79 Å². The summed E-state index contributed by atoms with van der Waals surface area (Å²) in [5.74, 6) is 0.00750. The zero-order valence-electron chi connectivity index (χ0n) is 12.7. The Kier molecular flexibility index (Phi) is 6.00. The molecule has 0 saturated carbocycles. The summed E-state index contributed by atoms with van der Waals surface area (Å²) in [5.41, 5.74) is 2.33. The third kappa shape index (κ3) is 5.64. The van der Waals surface area contributed by atoms with Gasteiger partial charge in [0.15, 0.2) is 0 Å². The first kappa shape index (κ1) is 16.8. The van der Waals surface area contributed by atoms with Gasteiger partial charge in [0.1, 0.15) is 0 Å². The van der Waals surface area contributed by atoms with Crippen molar-refractivity contribution in [2.75, 3.05) is 17.7 Å². The summed E-state index contributed by atoms with van der Waals surface area (Å²) in [6, 6.07) is 14.0. The van der Waals surface area contributed by atoms with Gasteiger partial charge in [-0.15, -0.1) is 0 Å². The average molecular weight is 332 g/mol. The van der Waals surface area contributed by atoms with Crippen LogP contribution in [0.3, 0.4) is 0 Å². The zero-order chi connectivity index (χ0) is 16.7. The second-order valence-corrected chi connectivity index (χ2v) is 5.40. The van der Waals surface area contributed by atoms with Crippen LogP contribution >= 0.6 is 11.6 Å². The fraction of sp³-hybridized carbons (Fsp3) is 0.176. The Morgan fingerprint density at radius 1 is 1.00 bits per heavy atom. The highest BCUT2D eigenvalue weighted by molar-refractivity contribution is 6.30. The van der Waals surface area contributed by atoms with Crippen molar-refractivity contribution in [1.29, 1.82) is 0 Å². The van der Waals surface area contributed by atoms with Crippen molar-refractivity contribution >= 4 is 34.9 Å². The average Bonchev–Trinajstić information content (AvgIpc) is 2.53. The fourth-order valence-corrected chi connectivity index (χ4v) is 2.19. The number of rotatable bonds is 5. The molecule has 6 heteroatoms. The fourth-order valence-electron chi connectivity index (χ4n) is 2.00. The molecule has 0 saturated heterocycles. The number of hydrogen-bond donors (Lipinski definition) is 3. The van der Waals surface area contributed by atoms with E-state index in [4.69, 9.17) is 11.6 Å². The number of amides is 3. The van der Waals surface area contributed by atoms with Crippen molar-refractivity contribution in [2.24, 2.45) is 0 Å². The van der Waals surface area contributed by atoms with Gasteiger partial charge < -0.3 is 16.0 Å². The molecule has 5 nitrogen and oxygen atoms in total. The van der Waals surface area contributed by atoms with E-state index < -0.39 is 0 Å². The Labute approximate surface area is 140 Å². The second kappa shape index (κ2) is 8.19. The number of aryl methyl sites for hydroxylation is 1. The third-order valence-corrected chi connectivity index (χ3v) is 3.45. The van der Waals surface area contributed by atoms with Crippen LogP contribution in [-0.2, 0) is 11.2 Å². The highest BCUT2D eigenvalue weighted by atomic mass is 35.5. The van der Waals surface area contributed by atoms with Gasteiger partial charge in [-0.2, -0.15) is 0 Å². The van der Waals surface area contributed by atoms with E-state index in [1.54, 1.807) is 43.4 Å².